The van der Waals surface area contributed by atoms with Crippen molar-refractivity contribution in [2.24, 2.45) is 0 Å². The van der Waals surface area contributed by atoms with Gasteiger partial charge in [-0.1, -0.05) is 6.07 Å². The van der Waals surface area contributed by atoms with Crippen molar-refractivity contribution in [2.45, 2.75) is 6.54 Å². The van der Waals surface area contributed by atoms with Gasteiger partial charge < -0.3 is 20.1 Å². The van der Waals surface area contributed by atoms with Crippen molar-refractivity contribution in [1.29, 1.82) is 0 Å². The number of imidazole rings is 1. The summed E-state index contributed by atoms with van der Waals surface area (Å²) in [4.78, 5) is 25.6. The third-order valence-corrected chi connectivity index (χ3v) is 6.29. The smallest absolute Gasteiger partial charge is 0.224 e. The Bertz CT molecular complexity index is 1450. The summed E-state index contributed by atoms with van der Waals surface area (Å²) in [7, 11) is 2.15. The third kappa shape index (κ3) is 3.81. The first-order chi connectivity index (χ1) is 16.6. The molecule has 1 saturated heterocycles. The largest absolute Gasteiger partial charge is 0.354 e. The molecule has 1 aliphatic heterocycles. The maximum absolute atomic E-state index is 13.9. The Morgan fingerprint density at radius 3 is 2.71 bits per heavy atom. The van der Waals surface area contributed by atoms with Gasteiger partial charge >= 0.3 is 0 Å². The van der Waals surface area contributed by atoms with E-state index in [4.69, 9.17) is 0 Å². The number of likely N-dealkylation sites (N-methyl/N-ethyl adjacent to an activating group) is 1. The van der Waals surface area contributed by atoms with Gasteiger partial charge in [0.1, 0.15) is 17.1 Å². The number of hydrogen-bond acceptors (Lipinski definition) is 7. The Labute approximate surface area is 195 Å². The average molecular weight is 458 g/mol. The van der Waals surface area contributed by atoms with Crippen LogP contribution in [0.2, 0.25) is 0 Å². The molecule has 9 nitrogen and oxygen atoms in total. The molecule has 6 rings (SSSR count). The number of hydrogen-bond donors (Lipinski definition) is 2. The van der Waals surface area contributed by atoms with E-state index in [9.17, 15) is 4.39 Å². The zero-order valence-electron chi connectivity index (χ0n) is 18.7. The fourth-order valence-corrected chi connectivity index (χ4v) is 4.27. The second kappa shape index (κ2) is 8.38. The summed E-state index contributed by atoms with van der Waals surface area (Å²) in [6.45, 7) is 4.68. The molecule has 1 aliphatic rings. The van der Waals surface area contributed by atoms with E-state index in [0.29, 0.717) is 23.8 Å². The lowest BCUT2D eigenvalue weighted by atomic mass is 10.1. The number of H-pyrrole nitrogens is 1. The van der Waals surface area contributed by atoms with Crippen molar-refractivity contribution in [1.82, 2.24) is 34.2 Å². The summed E-state index contributed by atoms with van der Waals surface area (Å²) in [5.41, 5.74) is 4.09. The third-order valence-electron chi connectivity index (χ3n) is 6.29. The molecule has 0 aliphatic carbocycles. The first kappa shape index (κ1) is 20.5. The van der Waals surface area contributed by atoms with E-state index >= 15 is 0 Å². The molecule has 2 N–H and O–H groups in total. The average Bonchev–Trinajstić information content (AvgIpc) is 3.46. The van der Waals surface area contributed by atoms with Crippen LogP contribution < -0.4 is 10.2 Å². The van der Waals surface area contributed by atoms with Crippen molar-refractivity contribution in [3.8, 4) is 11.1 Å². The van der Waals surface area contributed by atoms with Crippen LogP contribution in [0.1, 0.15) is 5.56 Å². The maximum Gasteiger partial charge on any atom is 0.224 e. The number of rotatable bonds is 5. The highest BCUT2D eigenvalue weighted by Crippen LogP contribution is 2.28. The first-order valence-corrected chi connectivity index (χ1v) is 11.2. The Morgan fingerprint density at radius 2 is 1.88 bits per heavy atom. The molecule has 0 aromatic carbocycles. The van der Waals surface area contributed by atoms with Gasteiger partial charge in [-0.2, -0.15) is 9.37 Å². The molecular formula is C24H24FN9. The van der Waals surface area contributed by atoms with E-state index in [1.54, 1.807) is 18.5 Å². The molecule has 0 saturated carbocycles. The molecule has 1 fully saturated rings. The normalized spacial score (nSPS) is 14.8. The van der Waals surface area contributed by atoms with Crippen molar-refractivity contribution >= 4 is 28.4 Å². The van der Waals surface area contributed by atoms with Gasteiger partial charge in [0, 0.05) is 74.0 Å². The predicted octanol–water partition coefficient (Wildman–Crippen LogP) is 3.17. The van der Waals surface area contributed by atoms with E-state index in [-0.39, 0.29) is 0 Å². The molecule has 0 spiro atoms. The molecule has 5 aromatic heterocycles. The fourth-order valence-electron chi connectivity index (χ4n) is 4.27. The number of aromatic amines is 1. The molecule has 10 heteroatoms. The molecule has 6 heterocycles. The van der Waals surface area contributed by atoms with Gasteiger partial charge in [0.05, 0.1) is 6.20 Å². The minimum Gasteiger partial charge on any atom is -0.354 e. The quantitative estimate of drug-likeness (QED) is 0.419. The minimum atomic E-state index is -0.398. The number of aromatic nitrogens is 6. The van der Waals surface area contributed by atoms with Gasteiger partial charge in [-0.3, -0.25) is 4.40 Å². The Hall–Kier alpha value is -4.05. The number of fused-ring (bicyclic) bond motifs is 2. The van der Waals surface area contributed by atoms with Crippen LogP contribution in [0, 0.1) is 5.95 Å². The number of nitrogens with zero attached hydrogens (tertiary/aromatic N) is 7. The number of anilines is 2. The molecule has 172 valence electrons. The highest BCUT2D eigenvalue weighted by atomic mass is 19.1. The van der Waals surface area contributed by atoms with E-state index in [2.05, 4.69) is 59.2 Å². The SMILES string of the molecule is CN1CCN(c2ccc(CNc3ncc4c(-c5ccc6ncc(F)n6c5)c[nH]c4n3)cn2)CC1. The van der Waals surface area contributed by atoms with Gasteiger partial charge in [-0.15, -0.1) is 0 Å². The van der Waals surface area contributed by atoms with E-state index in [0.717, 1.165) is 54.1 Å². The maximum atomic E-state index is 13.9. The molecule has 34 heavy (non-hydrogen) atoms. The van der Waals surface area contributed by atoms with Crippen LogP contribution in [0.5, 0.6) is 0 Å². The van der Waals surface area contributed by atoms with Crippen molar-refractivity contribution < 1.29 is 4.39 Å². The first-order valence-electron chi connectivity index (χ1n) is 11.2. The highest BCUT2D eigenvalue weighted by Gasteiger charge is 2.15. The zero-order valence-corrected chi connectivity index (χ0v) is 18.7. The van der Waals surface area contributed by atoms with Crippen LogP contribution in [0.3, 0.4) is 0 Å². The second-order valence-electron chi connectivity index (χ2n) is 8.55. The van der Waals surface area contributed by atoms with Gasteiger partial charge in [0.2, 0.25) is 11.9 Å². The summed E-state index contributed by atoms with van der Waals surface area (Å²) in [6.07, 6.45) is 8.48. The molecule has 0 unspecified atom stereocenters. The lowest BCUT2D eigenvalue weighted by Gasteiger charge is -2.33. The Morgan fingerprint density at radius 1 is 1.00 bits per heavy atom. The highest BCUT2D eigenvalue weighted by molar-refractivity contribution is 5.93. The van der Waals surface area contributed by atoms with Crippen molar-refractivity contribution in [3.63, 3.8) is 0 Å². The van der Waals surface area contributed by atoms with Crippen LogP contribution in [0.15, 0.2) is 55.2 Å². The molecule has 0 atom stereocenters. The summed E-state index contributed by atoms with van der Waals surface area (Å²) >= 11 is 0. The second-order valence-corrected chi connectivity index (χ2v) is 8.55. The van der Waals surface area contributed by atoms with Crippen LogP contribution in [-0.4, -0.2) is 67.4 Å². The van der Waals surface area contributed by atoms with Crippen molar-refractivity contribution in [2.75, 3.05) is 43.4 Å². The molecule has 0 radical (unpaired) electrons. The summed E-state index contributed by atoms with van der Waals surface area (Å²) in [5.74, 6) is 1.15. The van der Waals surface area contributed by atoms with E-state index < -0.39 is 5.95 Å². The van der Waals surface area contributed by atoms with Gasteiger partial charge in [0.15, 0.2) is 0 Å². The van der Waals surface area contributed by atoms with Crippen LogP contribution >= 0.6 is 0 Å². The predicted molar refractivity (Wildman–Crippen MR) is 129 cm³/mol. The Kier molecular flexibility index (Phi) is 5.06. The van der Waals surface area contributed by atoms with Crippen LogP contribution in [0.4, 0.5) is 16.2 Å². The Balaban J connectivity index is 1.16. The molecule has 0 amide bonds. The zero-order chi connectivity index (χ0) is 23.1. The lowest BCUT2D eigenvalue weighted by Crippen LogP contribution is -2.44. The standard InChI is InChI=1S/C24H24FN9/c1-32-6-8-33(9-7-32)21-4-2-16(10-26-21)11-29-24-30-13-19-18(12-28-23(19)31-24)17-3-5-22-27-14-20(25)34(22)15-17/h2-5,10,12-15H,6-9,11H2,1H3,(H2,28,29,30,31). The van der Waals surface area contributed by atoms with Crippen molar-refractivity contribution in [3.05, 3.63) is 66.8 Å². The summed E-state index contributed by atoms with van der Waals surface area (Å²) in [6, 6.07) is 7.86. The molecule has 5 aromatic rings. The topological polar surface area (TPSA) is 90.3 Å². The summed E-state index contributed by atoms with van der Waals surface area (Å²) in [5, 5.41) is 4.14. The number of piperazine rings is 1. The van der Waals surface area contributed by atoms with Gasteiger partial charge in [-0.05, 0) is 30.8 Å². The number of nitrogens with one attached hydrogen (secondary N) is 2. The van der Waals surface area contributed by atoms with Crippen LogP contribution in [-0.2, 0) is 6.54 Å². The lowest BCUT2D eigenvalue weighted by molar-refractivity contribution is 0.312. The van der Waals surface area contributed by atoms with Gasteiger partial charge in [-0.25, -0.2) is 15.0 Å². The van der Waals surface area contributed by atoms with Gasteiger partial charge in [0.25, 0.3) is 0 Å². The number of pyridine rings is 2. The van der Waals surface area contributed by atoms with E-state index in [1.165, 1.54) is 10.6 Å². The van der Waals surface area contributed by atoms with Crippen LogP contribution in [0.25, 0.3) is 27.8 Å². The molecular weight excluding hydrogens is 433 g/mol. The van der Waals surface area contributed by atoms with E-state index in [1.807, 2.05) is 18.5 Å². The summed E-state index contributed by atoms with van der Waals surface area (Å²) < 4.78 is 15.4. The fraction of sp³-hybridized carbons (Fsp3) is 0.250. The monoisotopic (exact) mass is 457 g/mol. The molecule has 0 bridgehead atoms. The number of halogens is 1. The minimum absolute atomic E-state index is 0.398.